The smallest absolute Gasteiger partial charge is 0.00802 e. The van der Waals surface area contributed by atoms with Crippen LogP contribution in [0, 0.1) is 0 Å². The third-order valence-corrected chi connectivity index (χ3v) is 3.68. The van der Waals surface area contributed by atoms with Crippen molar-refractivity contribution < 1.29 is 0 Å². The van der Waals surface area contributed by atoms with E-state index in [1.165, 1.54) is 24.1 Å². The monoisotopic (exact) mass is 184 g/mol. The number of hydrogen-bond acceptors (Lipinski definition) is 2. The maximum Gasteiger partial charge on any atom is 0.00802 e. The fourth-order valence-electron chi connectivity index (χ4n) is 1.62. The minimum atomic E-state index is 0.986. The number of thiophene rings is 1. The normalized spacial score (nSPS) is 15.4. The van der Waals surface area contributed by atoms with Gasteiger partial charge in [0.15, 0.2) is 0 Å². The number of rotatable bonds is 2. The van der Waals surface area contributed by atoms with Gasteiger partial charge in [-0.1, -0.05) is 0 Å². The van der Waals surface area contributed by atoms with E-state index < -0.39 is 0 Å². The predicted octanol–water partition coefficient (Wildman–Crippen LogP) is 2.71. The lowest BCUT2D eigenvalue weighted by atomic mass is 10.2. The summed E-state index contributed by atoms with van der Waals surface area (Å²) < 4.78 is 0. The van der Waals surface area contributed by atoms with Gasteiger partial charge in [0.1, 0.15) is 0 Å². The largest absolute Gasteiger partial charge is 0.179 e. The summed E-state index contributed by atoms with van der Waals surface area (Å²) in [5.74, 6) is 0.986. The van der Waals surface area contributed by atoms with Crippen LogP contribution in [-0.2, 0) is 19.3 Å². The van der Waals surface area contributed by atoms with Crippen molar-refractivity contribution in [1.29, 1.82) is 0 Å². The highest BCUT2D eigenvalue weighted by Gasteiger charge is 2.13. The molecule has 0 aromatic carbocycles. The summed E-state index contributed by atoms with van der Waals surface area (Å²) in [6, 6.07) is 2.38. The highest BCUT2D eigenvalue weighted by molar-refractivity contribution is 7.80. The summed E-state index contributed by atoms with van der Waals surface area (Å²) in [6.07, 6.45) is 5.17. The van der Waals surface area contributed by atoms with E-state index >= 15 is 0 Å². The van der Waals surface area contributed by atoms with Gasteiger partial charge in [-0.2, -0.15) is 12.6 Å². The fraction of sp³-hybridized carbons (Fsp3) is 0.556. The second-order valence-electron chi connectivity index (χ2n) is 2.99. The van der Waals surface area contributed by atoms with E-state index in [0.717, 1.165) is 12.2 Å². The van der Waals surface area contributed by atoms with Gasteiger partial charge in [0, 0.05) is 9.75 Å². The minimum Gasteiger partial charge on any atom is -0.179 e. The molecule has 11 heavy (non-hydrogen) atoms. The van der Waals surface area contributed by atoms with Gasteiger partial charge in [0.2, 0.25) is 0 Å². The topological polar surface area (TPSA) is 0 Å². The first-order valence-electron chi connectivity index (χ1n) is 4.11. The van der Waals surface area contributed by atoms with Crippen LogP contribution in [0.3, 0.4) is 0 Å². The summed E-state index contributed by atoms with van der Waals surface area (Å²) in [5.41, 5.74) is 1.62. The van der Waals surface area contributed by atoms with E-state index in [2.05, 4.69) is 18.7 Å². The predicted molar refractivity (Wildman–Crippen MR) is 53.9 cm³/mol. The minimum absolute atomic E-state index is 0.986. The molecule has 1 heterocycles. The quantitative estimate of drug-likeness (QED) is 0.671. The molecule has 0 spiro atoms. The van der Waals surface area contributed by atoms with Crippen LogP contribution in [0.5, 0.6) is 0 Å². The van der Waals surface area contributed by atoms with Gasteiger partial charge in [0.05, 0.1) is 0 Å². The van der Waals surface area contributed by atoms with Crippen molar-refractivity contribution in [1.82, 2.24) is 0 Å². The van der Waals surface area contributed by atoms with Crippen molar-refractivity contribution >= 4 is 24.0 Å². The van der Waals surface area contributed by atoms with Gasteiger partial charge in [-0.15, -0.1) is 11.3 Å². The Morgan fingerprint density at radius 3 is 3.09 bits per heavy atom. The van der Waals surface area contributed by atoms with E-state index in [1.807, 2.05) is 11.3 Å². The Bertz CT molecular complexity index is 229. The van der Waals surface area contributed by atoms with E-state index in [1.54, 1.807) is 10.4 Å². The standard InChI is InChI=1S/C9H12S2/c10-5-4-8-6-7-2-1-3-9(7)11-8/h6,10H,1-5H2. The third-order valence-electron chi connectivity index (χ3n) is 2.16. The maximum atomic E-state index is 4.23. The molecule has 0 radical (unpaired) electrons. The van der Waals surface area contributed by atoms with Crippen molar-refractivity contribution in [3.63, 3.8) is 0 Å². The van der Waals surface area contributed by atoms with E-state index in [0.29, 0.717) is 0 Å². The Morgan fingerprint density at radius 2 is 2.36 bits per heavy atom. The molecule has 0 bridgehead atoms. The van der Waals surface area contributed by atoms with Gasteiger partial charge >= 0.3 is 0 Å². The van der Waals surface area contributed by atoms with Crippen LogP contribution < -0.4 is 0 Å². The summed E-state index contributed by atoms with van der Waals surface area (Å²) >= 11 is 6.23. The van der Waals surface area contributed by atoms with Crippen molar-refractivity contribution in [2.75, 3.05) is 5.75 Å². The van der Waals surface area contributed by atoms with Gasteiger partial charge in [-0.05, 0) is 43.1 Å². The van der Waals surface area contributed by atoms with Crippen molar-refractivity contribution in [3.05, 3.63) is 21.4 Å². The van der Waals surface area contributed by atoms with Crippen LogP contribution in [0.15, 0.2) is 6.07 Å². The lowest BCUT2D eigenvalue weighted by Gasteiger charge is -1.89. The molecule has 0 saturated carbocycles. The Hall–Kier alpha value is 0.0500. The first kappa shape index (κ1) is 7.69. The first-order chi connectivity index (χ1) is 5.40. The average Bonchev–Trinajstić information content (AvgIpc) is 2.46. The second kappa shape index (κ2) is 3.20. The first-order valence-corrected chi connectivity index (χ1v) is 5.56. The molecule has 0 atom stereocenters. The van der Waals surface area contributed by atoms with Gasteiger partial charge in [-0.25, -0.2) is 0 Å². The van der Waals surface area contributed by atoms with Crippen LogP contribution >= 0.6 is 24.0 Å². The summed E-state index contributed by atoms with van der Waals surface area (Å²) in [5, 5.41) is 0. The van der Waals surface area contributed by atoms with E-state index in [-0.39, 0.29) is 0 Å². The number of hydrogen-bond donors (Lipinski definition) is 1. The Labute approximate surface area is 77.0 Å². The molecule has 0 fully saturated rings. The second-order valence-corrected chi connectivity index (χ2v) is 4.66. The average molecular weight is 184 g/mol. The van der Waals surface area contributed by atoms with Crippen LogP contribution in [0.25, 0.3) is 0 Å². The molecule has 0 saturated heterocycles. The SMILES string of the molecule is SCCc1cc2c(s1)CCC2. The summed E-state index contributed by atoms with van der Waals surface area (Å²) in [6.45, 7) is 0. The molecule has 1 aromatic heterocycles. The summed E-state index contributed by atoms with van der Waals surface area (Å²) in [4.78, 5) is 3.17. The Kier molecular flexibility index (Phi) is 2.23. The highest BCUT2D eigenvalue weighted by atomic mass is 32.1. The molecule has 1 aliphatic carbocycles. The van der Waals surface area contributed by atoms with E-state index in [9.17, 15) is 0 Å². The molecular weight excluding hydrogens is 172 g/mol. The molecule has 2 rings (SSSR count). The number of fused-ring (bicyclic) bond motifs is 1. The van der Waals surface area contributed by atoms with Gasteiger partial charge < -0.3 is 0 Å². The van der Waals surface area contributed by atoms with Crippen molar-refractivity contribution in [2.24, 2.45) is 0 Å². The van der Waals surface area contributed by atoms with Gasteiger partial charge in [0.25, 0.3) is 0 Å². The highest BCUT2D eigenvalue weighted by Crippen LogP contribution is 2.30. The maximum absolute atomic E-state index is 4.23. The van der Waals surface area contributed by atoms with Crippen molar-refractivity contribution in [3.8, 4) is 0 Å². The Morgan fingerprint density at radius 1 is 1.45 bits per heavy atom. The Balaban J connectivity index is 2.20. The molecule has 1 aromatic rings. The number of thiol groups is 1. The fourth-order valence-corrected chi connectivity index (χ4v) is 3.28. The van der Waals surface area contributed by atoms with Crippen LogP contribution in [-0.4, -0.2) is 5.75 Å². The van der Waals surface area contributed by atoms with Crippen LogP contribution in [0.2, 0.25) is 0 Å². The van der Waals surface area contributed by atoms with Crippen LogP contribution in [0.4, 0.5) is 0 Å². The molecule has 0 amide bonds. The zero-order valence-electron chi connectivity index (χ0n) is 6.47. The zero-order valence-corrected chi connectivity index (χ0v) is 8.18. The molecule has 0 nitrogen and oxygen atoms in total. The number of aryl methyl sites for hydroxylation is 3. The molecule has 0 unspecified atom stereocenters. The molecule has 0 aliphatic heterocycles. The van der Waals surface area contributed by atoms with Crippen molar-refractivity contribution in [2.45, 2.75) is 25.7 Å². The molecule has 1 aliphatic rings. The summed E-state index contributed by atoms with van der Waals surface area (Å²) in [7, 11) is 0. The van der Waals surface area contributed by atoms with Crippen LogP contribution in [0.1, 0.15) is 21.7 Å². The third kappa shape index (κ3) is 1.47. The van der Waals surface area contributed by atoms with E-state index in [4.69, 9.17) is 0 Å². The lowest BCUT2D eigenvalue weighted by molar-refractivity contribution is 0.913. The molecular formula is C9H12S2. The zero-order chi connectivity index (χ0) is 7.68. The van der Waals surface area contributed by atoms with Gasteiger partial charge in [-0.3, -0.25) is 0 Å². The molecule has 60 valence electrons. The molecule has 2 heteroatoms. The molecule has 0 N–H and O–H groups in total. The lowest BCUT2D eigenvalue weighted by Crippen LogP contribution is -1.79.